The van der Waals surface area contributed by atoms with Crippen LogP contribution in [0.1, 0.15) is 5.76 Å². The Balaban J connectivity index is 2.40. The molecular formula is C13H7BrClFO3. The van der Waals surface area contributed by atoms with E-state index >= 15 is 0 Å². The molecule has 3 nitrogen and oxygen atoms in total. The first-order valence-corrected chi connectivity index (χ1v) is 6.30. The van der Waals surface area contributed by atoms with Crippen LogP contribution in [-0.4, -0.2) is 11.1 Å². The number of rotatable bonds is 3. The first kappa shape index (κ1) is 13.8. The lowest BCUT2D eigenvalue weighted by molar-refractivity contribution is -0.131. The van der Waals surface area contributed by atoms with E-state index in [1.54, 1.807) is 6.07 Å². The van der Waals surface area contributed by atoms with Gasteiger partial charge >= 0.3 is 5.97 Å². The summed E-state index contributed by atoms with van der Waals surface area (Å²) in [6.07, 6.45) is 2.29. The maximum Gasteiger partial charge on any atom is 0.328 e. The molecule has 0 bridgehead atoms. The lowest BCUT2D eigenvalue weighted by Gasteiger charge is -2.00. The highest BCUT2D eigenvalue weighted by atomic mass is 79.9. The minimum Gasteiger partial charge on any atom is -0.478 e. The molecule has 0 radical (unpaired) electrons. The lowest BCUT2D eigenvalue weighted by Crippen LogP contribution is -1.84. The molecule has 2 aromatic rings. The van der Waals surface area contributed by atoms with E-state index in [4.69, 9.17) is 21.1 Å². The Kier molecular flexibility index (Phi) is 4.07. The third-order valence-electron chi connectivity index (χ3n) is 2.28. The molecule has 98 valence electrons. The van der Waals surface area contributed by atoms with Crippen molar-refractivity contribution in [2.24, 2.45) is 0 Å². The number of furan rings is 1. The van der Waals surface area contributed by atoms with Crippen LogP contribution < -0.4 is 0 Å². The summed E-state index contributed by atoms with van der Waals surface area (Å²) in [6, 6.07) is 5.81. The molecule has 0 spiro atoms. The van der Waals surface area contributed by atoms with Gasteiger partial charge < -0.3 is 9.52 Å². The van der Waals surface area contributed by atoms with Gasteiger partial charge in [0.15, 0.2) is 0 Å². The molecule has 0 aliphatic heterocycles. The van der Waals surface area contributed by atoms with Crippen molar-refractivity contribution in [3.8, 4) is 11.3 Å². The molecule has 0 amide bonds. The minimum atomic E-state index is -1.07. The summed E-state index contributed by atoms with van der Waals surface area (Å²) in [4.78, 5) is 10.4. The van der Waals surface area contributed by atoms with Crippen LogP contribution in [0.5, 0.6) is 0 Å². The van der Waals surface area contributed by atoms with Crippen molar-refractivity contribution < 1.29 is 18.7 Å². The maximum absolute atomic E-state index is 13.1. The van der Waals surface area contributed by atoms with Crippen LogP contribution in [0.4, 0.5) is 4.39 Å². The average Bonchev–Trinajstić information content (AvgIpc) is 2.72. The zero-order valence-electron chi connectivity index (χ0n) is 9.36. The summed E-state index contributed by atoms with van der Waals surface area (Å²) >= 11 is 8.99. The number of carboxylic acids is 1. The number of hydrogen-bond acceptors (Lipinski definition) is 2. The van der Waals surface area contributed by atoms with Gasteiger partial charge in [-0.15, -0.1) is 0 Å². The van der Waals surface area contributed by atoms with Gasteiger partial charge in [-0.05, 0) is 46.3 Å². The van der Waals surface area contributed by atoms with Crippen LogP contribution in [0, 0.1) is 5.82 Å². The van der Waals surface area contributed by atoms with E-state index in [0.29, 0.717) is 21.6 Å². The summed E-state index contributed by atoms with van der Waals surface area (Å²) in [6.45, 7) is 0. The van der Waals surface area contributed by atoms with Crippen molar-refractivity contribution in [3.63, 3.8) is 0 Å². The molecule has 1 aromatic heterocycles. The fraction of sp³-hybridized carbons (Fsp3) is 0. The van der Waals surface area contributed by atoms with Gasteiger partial charge in [0.1, 0.15) is 17.3 Å². The second-order valence-corrected chi connectivity index (χ2v) is 4.89. The molecule has 1 N–H and O–H groups in total. The molecule has 0 fully saturated rings. The Bertz CT molecular complexity index is 664. The van der Waals surface area contributed by atoms with Crippen LogP contribution >= 0.6 is 27.5 Å². The number of benzene rings is 1. The normalized spacial score (nSPS) is 11.1. The van der Waals surface area contributed by atoms with Crippen molar-refractivity contribution in [2.45, 2.75) is 0 Å². The van der Waals surface area contributed by atoms with E-state index in [0.717, 1.165) is 6.08 Å². The van der Waals surface area contributed by atoms with Gasteiger partial charge in [-0.1, -0.05) is 11.6 Å². The SMILES string of the molecule is O=C(O)/C=C/c1cc(Br)c(-c2ccc(F)c(Cl)c2)o1. The van der Waals surface area contributed by atoms with Crippen molar-refractivity contribution in [3.05, 3.63) is 51.4 Å². The first-order valence-electron chi connectivity index (χ1n) is 5.13. The van der Waals surface area contributed by atoms with Gasteiger partial charge in [0.25, 0.3) is 0 Å². The van der Waals surface area contributed by atoms with Crippen LogP contribution in [0.25, 0.3) is 17.4 Å². The van der Waals surface area contributed by atoms with E-state index in [-0.39, 0.29) is 5.02 Å². The molecule has 0 aliphatic rings. The highest BCUT2D eigenvalue weighted by Gasteiger charge is 2.12. The Morgan fingerprint density at radius 2 is 2.16 bits per heavy atom. The fourth-order valence-electron chi connectivity index (χ4n) is 1.46. The molecule has 1 aromatic carbocycles. The quantitative estimate of drug-likeness (QED) is 0.827. The Morgan fingerprint density at radius 1 is 1.42 bits per heavy atom. The highest BCUT2D eigenvalue weighted by molar-refractivity contribution is 9.10. The molecule has 1 heterocycles. The second-order valence-electron chi connectivity index (χ2n) is 3.63. The van der Waals surface area contributed by atoms with Crippen LogP contribution in [-0.2, 0) is 4.79 Å². The van der Waals surface area contributed by atoms with Crippen molar-refractivity contribution >= 4 is 39.6 Å². The van der Waals surface area contributed by atoms with Crippen LogP contribution in [0.15, 0.2) is 39.2 Å². The largest absolute Gasteiger partial charge is 0.478 e. The molecule has 0 saturated heterocycles. The monoisotopic (exact) mass is 344 g/mol. The molecule has 0 unspecified atom stereocenters. The molecular weight excluding hydrogens is 338 g/mol. The molecule has 0 saturated carbocycles. The molecule has 0 atom stereocenters. The number of halogens is 3. The summed E-state index contributed by atoms with van der Waals surface area (Å²) in [5.74, 6) is -0.769. The van der Waals surface area contributed by atoms with Crippen molar-refractivity contribution in [1.29, 1.82) is 0 Å². The maximum atomic E-state index is 13.1. The summed E-state index contributed by atoms with van der Waals surface area (Å²) < 4.78 is 19.2. The summed E-state index contributed by atoms with van der Waals surface area (Å²) in [5.41, 5.74) is 0.591. The van der Waals surface area contributed by atoms with Gasteiger partial charge in [-0.2, -0.15) is 0 Å². The third-order valence-corrected chi connectivity index (χ3v) is 3.16. The minimum absolute atomic E-state index is 0.0107. The molecule has 6 heteroatoms. The Hall–Kier alpha value is -1.59. The third kappa shape index (κ3) is 3.24. The fourth-order valence-corrected chi connectivity index (χ4v) is 2.17. The van der Waals surface area contributed by atoms with E-state index in [9.17, 15) is 9.18 Å². The average molecular weight is 346 g/mol. The standard InChI is InChI=1S/C13H7BrClFO3/c14-9-6-8(2-4-12(17)18)19-13(9)7-1-3-11(16)10(15)5-7/h1-6H,(H,17,18)/b4-2+. The van der Waals surface area contributed by atoms with Gasteiger partial charge in [0.2, 0.25) is 0 Å². The van der Waals surface area contributed by atoms with E-state index < -0.39 is 11.8 Å². The molecule has 19 heavy (non-hydrogen) atoms. The van der Waals surface area contributed by atoms with Crippen molar-refractivity contribution in [2.75, 3.05) is 0 Å². The molecule has 0 aliphatic carbocycles. The van der Waals surface area contributed by atoms with E-state index in [1.807, 2.05) is 0 Å². The second kappa shape index (κ2) is 5.59. The number of carbonyl (C=O) groups is 1. The van der Waals surface area contributed by atoms with Gasteiger partial charge in [0, 0.05) is 11.6 Å². The van der Waals surface area contributed by atoms with Crippen molar-refractivity contribution in [1.82, 2.24) is 0 Å². The van der Waals surface area contributed by atoms with Gasteiger partial charge in [-0.3, -0.25) is 0 Å². The first-order chi connectivity index (χ1) is 8.97. The van der Waals surface area contributed by atoms with Crippen LogP contribution in [0.2, 0.25) is 5.02 Å². The van der Waals surface area contributed by atoms with Gasteiger partial charge in [-0.25, -0.2) is 9.18 Å². The predicted octanol–water partition coefficient (Wildman–Crippen LogP) is 4.60. The van der Waals surface area contributed by atoms with E-state index in [1.165, 1.54) is 24.3 Å². The summed E-state index contributed by atoms with van der Waals surface area (Å²) in [7, 11) is 0. The topological polar surface area (TPSA) is 50.4 Å². The number of aliphatic carboxylic acids is 1. The van der Waals surface area contributed by atoms with E-state index in [2.05, 4.69) is 15.9 Å². The number of carboxylic acid groups (broad SMARTS) is 1. The van der Waals surface area contributed by atoms with Crippen LogP contribution in [0.3, 0.4) is 0 Å². The van der Waals surface area contributed by atoms with Gasteiger partial charge in [0.05, 0.1) is 9.50 Å². The zero-order chi connectivity index (χ0) is 14.0. The summed E-state index contributed by atoms with van der Waals surface area (Å²) in [5, 5.41) is 8.52. The highest BCUT2D eigenvalue weighted by Crippen LogP contribution is 2.33. The molecule has 2 rings (SSSR count). The predicted molar refractivity (Wildman–Crippen MR) is 73.5 cm³/mol. The smallest absolute Gasteiger partial charge is 0.328 e. The Labute approximate surface area is 121 Å². The zero-order valence-corrected chi connectivity index (χ0v) is 11.7. The Morgan fingerprint density at radius 3 is 2.79 bits per heavy atom. The lowest BCUT2D eigenvalue weighted by atomic mass is 10.2. The number of hydrogen-bond donors (Lipinski definition) is 1.